The minimum Gasteiger partial charge on any atom is -0.465 e. The minimum absolute atomic E-state index is 0.400. The lowest BCUT2D eigenvalue weighted by Gasteiger charge is -2.18. The lowest BCUT2D eigenvalue weighted by Crippen LogP contribution is -2.24. The summed E-state index contributed by atoms with van der Waals surface area (Å²) in [5, 5.41) is 3.11. The summed E-state index contributed by atoms with van der Waals surface area (Å²) in [6.07, 6.45) is -0.402. The predicted octanol–water partition coefficient (Wildman–Crippen LogP) is 3.03. The third-order valence-electron chi connectivity index (χ3n) is 2.43. The van der Waals surface area contributed by atoms with Crippen molar-refractivity contribution in [2.75, 3.05) is 33.2 Å². The summed E-state index contributed by atoms with van der Waals surface area (Å²) >= 11 is 6.74. The molecule has 19 heavy (non-hydrogen) atoms. The second-order valence-electron chi connectivity index (χ2n) is 3.58. The Bertz CT molecular complexity index is 450. The Morgan fingerprint density at radius 1 is 1.26 bits per heavy atom. The molecular weight excluding hydrogens is 382 g/mol. The summed E-state index contributed by atoms with van der Waals surface area (Å²) in [5.41, 5.74) is 1.06. The molecule has 0 radical (unpaired) electrons. The van der Waals surface area contributed by atoms with Crippen molar-refractivity contribution in [2.45, 2.75) is 6.29 Å². The second-order valence-corrected chi connectivity index (χ2v) is 5.35. The Balaban J connectivity index is 3.01. The molecule has 0 fully saturated rings. The van der Waals surface area contributed by atoms with E-state index < -0.39 is 12.3 Å². The number of hydrogen-bond donors (Lipinski definition) is 1. The number of anilines is 1. The number of benzene rings is 1. The van der Waals surface area contributed by atoms with Crippen LogP contribution in [0.5, 0.6) is 0 Å². The summed E-state index contributed by atoms with van der Waals surface area (Å²) in [7, 11) is 4.44. The van der Waals surface area contributed by atoms with E-state index >= 15 is 0 Å². The third-order valence-corrected chi connectivity index (χ3v) is 3.51. The largest absolute Gasteiger partial charge is 0.465 e. The highest BCUT2D eigenvalue weighted by atomic mass is 79.9. The van der Waals surface area contributed by atoms with Gasteiger partial charge in [0.1, 0.15) is 0 Å². The molecule has 0 atom stereocenters. The molecule has 106 valence electrons. The molecule has 0 aliphatic carbocycles. The number of ether oxygens (including phenoxy) is 3. The van der Waals surface area contributed by atoms with Gasteiger partial charge in [0.15, 0.2) is 6.29 Å². The van der Waals surface area contributed by atoms with Gasteiger partial charge in [0, 0.05) is 23.2 Å². The van der Waals surface area contributed by atoms with Crippen LogP contribution in [0.25, 0.3) is 0 Å². The van der Waals surface area contributed by atoms with Gasteiger partial charge < -0.3 is 19.5 Å². The summed E-state index contributed by atoms with van der Waals surface area (Å²) in [6, 6.07) is 3.52. The van der Waals surface area contributed by atoms with E-state index in [1.165, 1.54) is 7.11 Å². The van der Waals surface area contributed by atoms with E-state index in [1.54, 1.807) is 20.3 Å². The highest BCUT2D eigenvalue weighted by molar-refractivity contribution is 9.11. The molecule has 0 unspecified atom stereocenters. The molecule has 0 saturated carbocycles. The van der Waals surface area contributed by atoms with Gasteiger partial charge in [-0.2, -0.15) is 0 Å². The van der Waals surface area contributed by atoms with E-state index in [0.717, 1.165) is 8.95 Å². The number of esters is 1. The molecule has 0 aromatic heterocycles. The highest BCUT2D eigenvalue weighted by Gasteiger charge is 2.17. The zero-order chi connectivity index (χ0) is 14.4. The fraction of sp³-hybridized carbons (Fsp3) is 0.417. The summed E-state index contributed by atoms with van der Waals surface area (Å²) in [4.78, 5) is 11.8. The van der Waals surface area contributed by atoms with Crippen molar-refractivity contribution in [1.82, 2.24) is 0 Å². The predicted molar refractivity (Wildman–Crippen MR) is 79.5 cm³/mol. The van der Waals surface area contributed by atoms with Crippen LogP contribution in [-0.4, -0.2) is 40.1 Å². The van der Waals surface area contributed by atoms with Crippen molar-refractivity contribution in [1.29, 1.82) is 0 Å². The first kappa shape index (κ1) is 16.4. The molecule has 1 aromatic carbocycles. The van der Waals surface area contributed by atoms with E-state index in [4.69, 9.17) is 14.2 Å². The lowest BCUT2D eigenvalue weighted by molar-refractivity contribution is -0.0914. The highest BCUT2D eigenvalue weighted by Crippen LogP contribution is 2.31. The van der Waals surface area contributed by atoms with Crippen LogP contribution < -0.4 is 5.32 Å². The van der Waals surface area contributed by atoms with Crippen LogP contribution in [0, 0.1) is 0 Å². The number of carbonyl (C=O) groups excluding carboxylic acids is 1. The number of halogens is 2. The Hall–Kier alpha value is -0.630. The maximum Gasteiger partial charge on any atom is 0.340 e. The van der Waals surface area contributed by atoms with Crippen LogP contribution in [0.1, 0.15) is 10.4 Å². The van der Waals surface area contributed by atoms with Crippen molar-refractivity contribution in [3.05, 3.63) is 26.6 Å². The van der Waals surface area contributed by atoms with Crippen LogP contribution >= 0.6 is 31.9 Å². The van der Waals surface area contributed by atoms with Gasteiger partial charge in [0.2, 0.25) is 0 Å². The van der Waals surface area contributed by atoms with E-state index in [0.29, 0.717) is 17.8 Å². The van der Waals surface area contributed by atoms with E-state index in [1.807, 2.05) is 6.07 Å². The van der Waals surface area contributed by atoms with Gasteiger partial charge in [0.05, 0.1) is 24.9 Å². The number of nitrogens with one attached hydrogen (secondary N) is 1. The van der Waals surface area contributed by atoms with E-state index in [-0.39, 0.29) is 0 Å². The van der Waals surface area contributed by atoms with Gasteiger partial charge >= 0.3 is 5.97 Å². The molecule has 0 spiro atoms. The van der Waals surface area contributed by atoms with Crippen LogP contribution in [-0.2, 0) is 14.2 Å². The monoisotopic (exact) mass is 395 g/mol. The third kappa shape index (κ3) is 4.45. The smallest absolute Gasteiger partial charge is 0.340 e. The molecule has 0 amide bonds. The zero-order valence-corrected chi connectivity index (χ0v) is 14.0. The normalized spacial score (nSPS) is 10.6. The molecule has 0 aliphatic heterocycles. The second kappa shape index (κ2) is 7.84. The van der Waals surface area contributed by atoms with Crippen molar-refractivity contribution in [3.63, 3.8) is 0 Å². The van der Waals surface area contributed by atoms with Crippen LogP contribution in [0.4, 0.5) is 5.69 Å². The Morgan fingerprint density at radius 2 is 1.89 bits per heavy atom. The molecular formula is C12H15Br2NO4. The van der Waals surface area contributed by atoms with Gasteiger partial charge in [0.25, 0.3) is 0 Å². The first-order valence-electron chi connectivity index (χ1n) is 5.40. The van der Waals surface area contributed by atoms with Crippen LogP contribution in [0.3, 0.4) is 0 Å². The number of carbonyl (C=O) groups is 1. The lowest BCUT2D eigenvalue weighted by atomic mass is 10.2. The molecule has 0 bridgehead atoms. The average molecular weight is 397 g/mol. The summed E-state index contributed by atoms with van der Waals surface area (Å²) in [6.45, 7) is 0.400. The molecule has 0 aliphatic rings. The number of methoxy groups -OCH3 is 3. The van der Waals surface area contributed by atoms with Gasteiger partial charge in [-0.1, -0.05) is 15.9 Å². The van der Waals surface area contributed by atoms with E-state index in [9.17, 15) is 4.79 Å². The van der Waals surface area contributed by atoms with Gasteiger partial charge in [-0.05, 0) is 28.1 Å². The van der Waals surface area contributed by atoms with Crippen LogP contribution in [0.15, 0.2) is 21.1 Å². The van der Waals surface area contributed by atoms with E-state index in [2.05, 4.69) is 37.2 Å². The summed E-state index contributed by atoms with van der Waals surface area (Å²) in [5.74, 6) is -0.420. The van der Waals surface area contributed by atoms with Gasteiger partial charge in [-0.15, -0.1) is 0 Å². The van der Waals surface area contributed by atoms with Crippen LogP contribution in [0.2, 0.25) is 0 Å². The molecule has 1 rings (SSSR count). The zero-order valence-electron chi connectivity index (χ0n) is 10.8. The van der Waals surface area contributed by atoms with Crippen molar-refractivity contribution >= 4 is 43.5 Å². The molecule has 0 saturated heterocycles. The first-order chi connectivity index (χ1) is 9.03. The quantitative estimate of drug-likeness (QED) is 0.591. The maximum atomic E-state index is 11.8. The fourth-order valence-electron chi connectivity index (χ4n) is 1.47. The van der Waals surface area contributed by atoms with Gasteiger partial charge in [-0.25, -0.2) is 4.79 Å². The first-order valence-corrected chi connectivity index (χ1v) is 6.98. The molecule has 5 nitrogen and oxygen atoms in total. The number of rotatable bonds is 6. The van der Waals surface area contributed by atoms with Gasteiger partial charge in [-0.3, -0.25) is 0 Å². The van der Waals surface area contributed by atoms with Crippen molar-refractivity contribution < 1.29 is 19.0 Å². The topological polar surface area (TPSA) is 56.8 Å². The minimum atomic E-state index is -0.420. The fourth-order valence-corrected chi connectivity index (χ4v) is 2.84. The standard InChI is InChI=1S/C12H15Br2NO4/c1-17-10(18-2)6-15-11-8(12(16)19-3)4-7(13)5-9(11)14/h4-5,10,15H,6H2,1-3H3. The SMILES string of the molecule is COC(=O)c1cc(Br)cc(Br)c1NCC(OC)OC. The Labute approximate surface area is 128 Å². The summed E-state index contributed by atoms with van der Waals surface area (Å²) < 4.78 is 16.5. The number of hydrogen-bond acceptors (Lipinski definition) is 5. The molecule has 1 N–H and O–H groups in total. The Kier molecular flexibility index (Phi) is 6.78. The molecule has 7 heteroatoms. The van der Waals surface area contributed by atoms with Crippen molar-refractivity contribution in [3.8, 4) is 0 Å². The van der Waals surface area contributed by atoms with Crippen molar-refractivity contribution in [2.24, 2.45) is 0 Å². The Morgan fingerprint density at radius 3 is 2.42 bits per heavy atom. The average Bonchev–Trinajstić information content (AvgIpc) is 2.40. The molecule has 1 aromatic rings. The molecule has 0 heterocycles. The maximum absolute atomic E-state index is 11.8.